The minimum absolute atomic E-state index is 0.0502. The van der Waals surface area contributed by atoms with Crippen molar-refractivity contribution in [1.29, 1.82) is 0 Å². The van der Waals surface area contributed by atoms with Gasteiger partial charge < -0.3 is 21.1 Å². The molecule has 0 radical (unpaired) electrons. The number of rotatable bonds is 8. The van der Waals surface area contributed by atoms with Crippen molar-refractivity contribution in [2.24, 2.45) is 11.7 Å². The van der Waals surface area contributed by atoms with Crippen molar-refractivity contribution in [3.63, 3.8) is 0 Å². The summed E-state index contributed by atoms with van der Waals surface area (Å²) in [5.74, 6) is -0.684. The number of aromatic nitrogens is 3. The number of halogens is 3. The summed E-state index contributed by atoms with van der Waals surface area (Å²) in [5.41, 5.74) is 5.40. The minimum Gasteiger partial charge on any atom is -0.405 e. The molecule has 0 bridgehead atoms. The number of hydrogen-bond donors (Lipinski definition) is 3. The molecule has 1 aliphatic rings. The Labute approximate surface area is 179 Å². The van der Waals surface area contributed by atoms with Crippen LogP contribution in [-0.2, 0) is 11.3 Å². The number of nitrogens with zero attached hydrogens (tertiary/aromatic N) is 4. The first-order chi connectivity index (χ1) is 15.1. The summed E-state index contributed by atoms with van der Waals surface area (Å²) in [6, 6.07) is 0.583. The fourth-order valence-electron chi connectivity index (χ4n) is 3.20. The molecule has 1 saturated carbocycles. The second-order valence-electron chi connectivity index (χ2n) is 7.17. The van der Waals surface area contributed by atoms with Gasteiger partial charge in [0.05, 0.1) is 11.0 Å². The Balaban J connectivity index is 1.70. The Kier molecular flexibility index (Phi) is 7.02. The van der Waals surface area contributed by atoms with E-state index >= 15 is 0 Å². The van der Waals surface area contributed by atoms with Crippen LogP contribution in [0.25, 0.3) is 0 Å². The SMILES string of the molecule is N[C@@H]1CC[C@@H](CNc2nc(NCc3cnccc3OC(F)(F)F)ncc2[N+](=O)[O-])CC1=O. The fourth-order valence-corrected chi connectivity index (χ4v) is 3.20. The lowest BCUT2D eigenvalue weighted by Gasteiger charge is -2.25. The third-order valence-electron chi connectivity index (χ3n) is 4.84. The molecule has 1 aliphatic carbocycles. The average Bonchev–Trinajstić information content (AvgIpc) is 2.72. The van der Waals surface area contributed by atoms with Gasteiger partial charge in [0.25, 0.3) is 0 Å². The largest absolute Gasteiger partial charge is 0.573 e. The maximum atomic E-state index is 12.6. The summed E-state index contributed by atoms with van der Waals surface area (Å²) in [6.45, 7) is 0.0907. The molecule has 2 aromatic heterocycles. The van der Waals surface area contributed by atoms with Gasteiger partial charge in [0.2, 0.25) is 11.8 Å². The number of ether oxygens (including phenoxy) is 1. The van der Waals surface area contributed by atoms with Crippen LogP contribution in [-0.4, -0.2) is 44.6 Å². The Morgan fingerprint density at radius 1 is 1.28 bits per heavy atom. The van der Waals surface area contributed by atoms with Crippen LogP contribution in [0, 0.1) is 16.0 Å². The Morgan fingerprint density at radius 2 is 2.06 bits per heavy atom. The third kappa shape index (κ3) is 6.23. The zero-order chi connectivity index (χ0) is 23.3. The van der Waals surface area contributed by atoms with E-state index in [0.29, 0.717) is 12.8 Å². The number of nitro groups is 1. The number of hydrogen-bond acceptors (Lipinski definition) is 10. The van der Waals surface area contributed by atoms with Crippen LogP contribution in [0.5, 0.6) is 5.75 Å². The van der Waals surface area contributed by atoms with Gasteiger partial charge in [-0.05, 0) is 24.8 Å². The van der Waals surface area contributed by atoms with E-state index in [1.807, 2.05) is 0 Å². The third-order valence-corrected chi connectivity index (χ3v) is 4.84. The standard InChI is InChI=1S/C18H20F3N7O4/c19-18(20,21)32-15-3-4-23-7-11(15)8-25-17-26-9-13(28(30)31)16(27-17)24-6-10-1-2-12(22)14(29)5-10/h3-4,7,9-10,12H,1-2,5-6,8,22H2,(H2,24,25,26,27)/t10-,12-/m1/s1. The molecule has 4 N–H and O–H groups in total. The van der Waals surface area contributed by atoms with Gasteiger partial charge in [-0.1, -0.05) is 0 Å². The van der Waals surface area contributed by atoms with Crippen LogP contribution in [0.1, 0.15) is 24.8 Å². The molecule has 11 nitrogen and oxygen atoms in total. The number of carbonyl (C=O) groups excluding carboxylic acids is 1. The smallest absolute Gasteiger partial charge is 0.405 e. The summed E-state index contributed by atoms with van der Waals surface area (Å²) in [4.78, 5) is 34.1. The van der Waals surface area contributed by atoms with Crippen molar-refractivity contribution in [3.8, 4) is 5.75 Å². The fraction of sp³-hybridized carbons (Fsp3) is 0.444. The highest BCUT2D eigenvalue weighted by atomic mass is 19.4. The number of Topliss-reactive ketones (excluding diaryl/α,β-unsaturated/α-hetero) is 1. The van der Waals surface area contributed by atoms with E-state index in [1.54, 1.807) is 0 Å². The molecule has 0 unspecified atom stereocenters. The Bertz CT molecular complexity index is 989. The van der Waals surface area contributed by atoms with E-state index in [9.17, 15) is 28.1 Å². The van der Waals surface area contributed by atoms with Crippen LogP contribution >= 0.6 is 0 Å². The quantitative estimate of drug-likeness (QED) is 0.398. The predicted octanol–water partition coefficient (Wildman–Crippen LogP) is 2.40. The summed E-state index contributed by atoms with van der Waals surface area (Å²) in [6.07, 6.45) is -0.0654. The predicted molar refractivity (Wildman–Crippen MR) is 106 cm³/mol. The van der Waals surface area contributed by atoms with Crippen LogP contribution in [0.4, 0.5) is 30.6 Å². The average molecular weight is 455 g/mol. The number of pyridine rings is 1. The van der Waals surface area contributed by atoms with E-state index in [-0.39, 0.29) is 54.2 Å². The molecule has 2 atom stereocenters. The molecule has 2 aromatic rings. The zero-order valence-corrected chi connectivity index (χ0v) is 16.6. The van der Waals surface area contributed by atoms with Gasteiger partial charge in [-0.3, -0.25) is 19.9 Å². The second kappa shape index (κ2) is 9.72. The Morgan fingerprint density at radius 3 is 2.75 bits per heavy atom. The van der Waals surface area contributed by atoms with Gasteiger partial charge in [0, 0.05) is 37.5 Å². The number of nitrogens with two attached hydrogens (primary N) is 1. The first-order valence-corrected chi connectivity index (χ1v) is 9.58. The molecule has 14 heteroatoms. The van der Waals surface area contributed by atoms with Crippen molar-refractivity contribution in [2.75, 3.05) is 17.2 Å². The zero-order valence-electron chi connectivity index (χ0n) is 16.6. The van der Waals surface area contributed by atoms with Crippen molar-refractivity contribution < 1.29 is 27.6 Å². The molecular formula is C18H20F3N7O4. The number of carbonyl (C=O) groups is 1. The summed E-state index contributed by atoms with van der Waals surface area (Å²) >= 11 is 0. The highest BCUT2D eigenvalue weighted by Crippen LogP contribution is 2.28. The molecule has 0 saturated heterocycles. The molecule has 32 heavy (non-hydrogen) atoms. The van der Waals surface area contributed by atoms with Gasteiger partial charge >= 0.3 is 12.0 Å². The van der Waals surface area contributed by atoms with E-state index in [4.69, 9.17) is 5.73 Å². The number of anilines is 2. The van der Waals surface area contributed by atoms with Gasteiger partial charge in [-0.2, -0.15) is 4.98 Å². The monoisotopic (exact) mass is 455 g/mol. The van der Waals surface area contributed by atoms with Gasteiger partial charge in [0.1, 0.15) is 17.7 Å². The normalized spacial score (nSPS) is 18.8. The van der Waals surface area contributed by atoms with Crippen molar-refractivity contribution in [1.82, 2.24) is 15.0 Å². The van der Waals surface area contributed by atoms with Crippen LogP contribution in [0.15, 0.2) is 24.7 Å². The van der Waals surface area contributed by atoms with E-state index in [2.05, 4.69) is 30.3 Å². The maximum Gasteiger partial charge on any atom is 0.573 e. The van der Waals surface area contributed by atoms with Gasteiger partial charge in [-0.25, -0.2) is 4.98 Å². The molecule has 0 amide bonds. The molecule has 3 rings (SSSR count). The molecule has 2 heterocycles. The molecule has 0 aliphatic heterocycles. The number of alkyl halides is 3. The summed E-state index contributed by atoms with van der Waals surface area (Å²) < 4.78 is 41.6. The first kappa shape index (κ1) is 23.1. The molecular weight excluding hydrogens is 435 g/mol. The number of nitrogens with one attached hydrogen (secondary N) is 2. The van der Waals surface area contributed by atoms with E-state index in [0.717, 1.165) is 18.5 Å². The number of ketones is 1. The van der Waals surface area contributed by atoms with Crippen molar-refractivity contribution in [3.05, 3.63) is 40.3 Å². The van der Waals surface area contributed by atoms with E-state index in [1.165, 1.54) is 6.20 Å². The second-order valence-corrected chi connectivity index (χ2v) is 7.17. The lowest BCUT2D eigenvalue weighted by molar-refractivity contribution is -0.384. The van der Waals surface area contributed by atoms with Gasteiger partial charge in [0.15, 0.2) is 0 Å². The summed E-state index contributed by atoms with van der Waals surface area (Å²) in [5, 5.41) is 16.9. The highest BCUT2D eigenvalue weighted by Gasteiger charge is 2.32. The van der Waals surface area contributed by atoms with Crippen LogP contribution in [0.3, 0.4) is 0 Å². The van der Waals surface area contributed by atoms with Crippen molar-refractivity contribution in [2.45, 2.75) is 38.2 Å². The molecule has 0 spiro atoms. The Hall–Kier alpha value is -3.55. The van der Waals surface area contributed by atoms with Crippen LogP contribution < -0.4 is 21.1 Å². The topological polar surface area (TPSA) is 158 Å². The van der Waals surface area contributed by atoms with Gasteiger partial charge in [-0.15, -0.1) is 13.2 Å². The first-order valence-electron chi connectivity index (χ1n) is 9.58. The van der Waals surface area contributed by atoms with Crippen LogP contribution in [0.2, 0.25) is 0 Å². The van der Waals surface area contributed by atoms with Crippen molar-refractivity contribution >= 4 is 23.2 Å². The minimum atomic E-state index is -4.87. The van der Waals surface area contributed by atoms with E-state index < -0.39 is 23.1 Å². The molecule has 0 aromatic carbocycles. The maximum absolute atomic E-state index is 12.6. The molecule has 172 valence electrons. The highest BCUT2D eigenvalue weighted by molar-refractivity contribution is 5.84. The lowest BCUT2D eigenvalue weighted by Crippen LogP contribution is -2.38. The lowest BCUT2D eigenvalue weighted by atomic mass is 9.85. The summed E-state index contributed by atoms with van der Waals surface area (Å²) in [7, 11) is 0. The molecule has 1 fully saturated rings.